The van der Waals surface area contributed by atoms with Crippen molar-refractivity contribution >= 4 is 6.08 Å². The first-order valence-electron chi connectivity index (χ1n) is 9.61. The van der Waals surface area contributed by atoms with Gasteiger partial charge in [0, 0.05) is 18.9 Å². The molecule has 0 fully saturated rings. The Morgan fingerprint density at radius 3 is 2.76 bits per heavy atom. The first kappa shape index (κ1) is 17.8. The van der Waals surface area contributed by atoms with Gasteiger partial charge in [0.05, 0.1) is 6.61 Å². The van der Waals surface area contributed by atoms with Gasteiger partial charge in [-0.05, 0) is 68.7 Å². The van der Waals surface area contributed by atoms with Crippen LogP contribution in [-0.4, -0.2) is 16.2 Å². The Hall–Kier alpha value is -2.03. The number of rotatable bonds is 7. The molecule has 3 rings (SSSR count). The maximum absolute atomic E-state index is 6.07. The summed E-state index contributed by atoms with van der Waals surface area (Å²) in [4.78, 5) is 4.31. The van der Waals surface area contributed by atoms with E-state index in [0.717, 1.165) is 37.6 Å². The van der Waals surface area contributed by atoms with E-state index in [1.54, 1.807) is 0 Å². The monoisotopic (exact) mass is 338 g/mol. The van der Waals surface area contributed by atoms with E-state index in [4.69, 9.17) is 4.74 Å². The molecule has 0 N–H and O–H groups in total. The van der Waals surface area contributed by atoms with E-state index in [0.29, 0.717) is 0 Å². The van der Waals surface area contributed by atoms with Crippen LogP contribution >= 0.6 is 0 Å². The minimum Gasteiger partial charge on any atom is -0.493 e. The van der Waals surface area contributed by atoms with E-state index in [1.165, 1.54) is 47.9 Å². The van der Waals surface area contributed by atoms with Gasteiger partial charge in [0.25, 0.3) is 0 Å². The Morgan fingerprint density at radius 2 is 2.04 bits per heavy atom. The van der Waals surface area contributed by atoms with E-state index >= 15 is 0 Å². The van der Waals surface area contributed by atoms with Gasteiger partial charge in [-0.3, -0.25) is 0 Å². The fourth-order valence-electron chi connectivity index (χ4n) is 3.61. The molecular weight excluding hydrogens is 308 g/mol. The third-order valence-electron chi connectivity index (χ3n) is 5.03. The molecule has 0 saturated heterocycles. The molecule has 3 nitrogen and oxygen atoms in total. The topological polar surface area (TPSA) is 27.1 Å². The molecule has 0 amide bonds. The highest BCUT2D eigenvalue weighted by Crippen LogP contribution is 2.33. The number of fused-ring (bicyclic) bond motifs is 1. The standard InChI is InChI=1S/C22H30N2O/c1-4-5-14-25-22-11-10-19(20-8-6-7-9-21(20)22)15-17(2)16-24-13-12-23-18(24)3/h10-13,15H,4-9,14,16H2,1-3H3/b17-15+. The van der Waals surface area contributed by atoms with Gasteiger partial charge in [0.1, 0.15) is 11.6 Å². The highest BCUT2D eigenvalue weighted by atomic mass is 16.5. The van der Waals surface area contributed by atoms with Crippen molar-refractivity contribution in [3.8, 4) is 5.75 Å². The lowest BCUT2D eigenvalue weighted by atomic mass is 9.87. The first-order valence-corrected chi connectivity index (χ1v) is 9.61. The van der Waals surface area contributed by atoms with Gasteiger partial charge in [0.2, 0.25) is 0 Å². The van der Waals surface area contributed by atoms with Crippen LogP contribution in [0.1, 0.15) is 62.0 Å². The fourth-order valence-corrected chi connectivity index (χ4v) is 3.61. The normalized spacial score (nSPS) is 14.4. The predicted octanol–water partition coefficient (Wildman–Crippen LogP) is 5.35. The zero-order chi connectivity index (χ0) is 17.6. The molecule has 0 saturated carbocycles. The van der Waals surface area contributed by atoms with E-state index in [1.807, 2.05) is 12.4 Å². The lowest BCUT2D eigenvalue weighted by molar-refractivity contribution is 0.305. The largest absolute Gasteiger partial charge is 0.493 e. The number of allylic oxidation sites excluding steroid dienone is 1. The molecular formula is C22H30N2O. The Balaban J connectivity index is 1.83. The first-order chi connectivity index (χ1) is 12.2. The van der Waals surface area contributed by atoms with Gasteiger partial charge in [0.15, 0.2) is 0 Å². The van der Waals surface area contributed by atoms with Crippen LogP contribution in [0.3, 0.4) is 0 Å². The van der Waals surface area contributed by atoms with Gasteiger partial charge in [-0.15, -0.1) is 0 Å². The number of hydrogen-bond donors (Lipinski definition) is 0. The Bertz CT molecular complexity index is 742. The zero-order valence-electron chi connectivity index (χ0n) is 15.8. The van der Waals surface area contributed by atoms with Crippen molar-refractivity contribution in [1.82, 2.24) is 9.55 Å². The molecule has 0 radical (unpaired) electrons. The summed E-state index contributed by atoms with van der Waals surface area (Å²) in [5.41, 5.74) is 5.67. The van der Waals surface area contributed by atoms with Crippen LogP contribution < -0.4 is 4.74 Å². The van der Waals surface area contributed by atoms with Crippen molar-refractivity contribution in [3.63, 3.8) is 0 Å². The molecule has 1 aromatic heterocycles. The average Bonchev–Trinajstić information content (AvgIpc) is 3.01. The number of nitrogens with zero attached hydrogens (tertiary/aromatic N) is 2. The Morgan fingerprint density at radius 1 is 1.24 bits per heavy atom. The Labute approximate surface area is 151 Å². The molecule has 134 valence electrons. The minimum atomic E-state index is 0.830. The summed E-state index contributed by atoms with van der Waals surface area (Å²) in [6.45, 7) is 8.20. The molecule has 25 heavy (non-hydrogen) atoms. The third kappa shape index (κ3) is 4.33. The molecule has 2 aromatic rings. The highest BCUT2D eigenvalue weighted by molar-refractivity contribution is 5.61. The molecule has 3 heteroatoms. The maximum atomic E-state index is 6.07. The quantitative estimate of drug-likeness (QED) is 0.636. The van der Waals surface area contributed by atoms with Crippen molar-refractivity contribution in [2.75, 3.05) is 6.61 Å². The molecule has 0 aliphatic heterocycles. The van der Waals surface area contributed by atoms with Crippen LogP contribution in [0.15, 0.2) is 30.1 Å². The lowest BCUT2D eigenvalue weighted by Gasteiger charge is -2.22. The number of benzene rings is 1. The van der Waals surface area contributed by atoms with Gasteiger partial charge in [-0.2, -0.15) is 0 Å². The molecule has 1 heterocycles. The lowest BCUT2D eigenvalue weighted by Crippen LogP contribution is -2.09. The predicted molar refractivity (Wildman–Crippen MR) is 104 cm³/mol. The second-order valence-corrected chi connectivity index (χ2v) is 7.11. The van der Waals surface area contributed by atoms with Crippen LogP contribution in [0.25, 0.3) is 6.08 Å². The summed E-state index contributed by atoms with van der Waals surface area (Å²) in [5, 5.41) is 0. The fraction of sp³-hybridized carbons (Fsp3) is 0.500. The Kier molecular flexibility index (Phi) is 5.95. The van der Waals surface area contributed by atoms with Crippen LogP contribution in [0.4, 0.5) is 0 Å². The number of aryl methyl sites for hydroxylation is 1. The van der Waals surface area contributed by atoms with Crippen molar-refractivity contribution in [2.24, 2.45) is 0 Å². The van der Waals surface area contributed by atoms with Gasteiger partial charge < -0.3 is 9.30 Å². The number of ether oxygens (including phenoxy) is 1. The van der Waals surface area contributed by atoms with Crippen LogP contribution in [0.5, 0.6) is 5.75 Å². The number of imidazole rings is 1. The van der Waals surface area contributed by atoms with Crippen LogP contribution in [0, 0.1) is 6.92 Å². The molecule has 1 aromatic carbocycles. The van der Waals surface area contributed by atoms with Crippen molar-refractivity contribution in [3.05, 3.63) is 52.6 Å². The second-order valence-electron chi connectivity index (χ2n) is 7.11. The number of hydrogen-bond acceptors (Lipinski definition) is 2. The van der Waals surface area contributed by atoms with E-state index in [2.05, 4.69) is 48.5 Å². The zero-order valence-corrected chi connectivity index (χ0v) is 15.8. The van der Waals surface area contributed by atoms with Gasteiger partial charge in [-0.25, -0.2) is 4.98 Å². The third-order valence-corrected chi connectivity index (χ3v) is 5.03. The molecule has 0 spiro atoms. The summed E-state index contributed by atoms with van der Waals surface area (Å²) >= 11 is 0. The minimum absolute atomic E-state index is 0.830. The molecule has 1 aliphatic rings. The van der Waals surface area contributed by atoms with Crippen LogP contribution in [0.2, 0.25) is 0 Å². The number of aromatic nitrogens is 2. The maximum Gasteiger partial charge on any atom is 0.122 e. The molecule has 0 atom stereocenters. The van der Waals surface area contributed by atoms with Gasteiger partial charge >= 0.3 is 0 Å². The van der Waals surface area contributed by atoms with Crippen molar-refractivity contribution in [2.45, 2.75) is 65.8 Å². The molecule has 0 bridgehead atoms. The van der Waals surface area contributed by atoms with E-state index in [9.17, 15) is 0 Å². The summed E-state index contributed by atoms with van der Waals surface area (Å²) in [5.74, 6) is 2.18. The highest BCUT2D eigenvalue weighted by Gasteiger charge is 2.17. The van der Waals surface area contributed by atoms with Crippen molar-refractivity contribution in [1.29, 1.82) is 0 Å². The molecule has 0 unspecified atom stereocenters. The summed E-state index contributed by atoms with van der Waals surface area (Å²) in [6, 6.07) is 4.43. The van der Waals surface area contributed by atoms with Crippen molar-refractivity contribution < 1.29 is 4.74 Å². The van der Waals surface area contributed by atoms with E-state index in [-0.39, 0.29) is 0 Å². The summed E-state index contributed by atoms with van der Waals surface area (Å²) in [7, 11) is 0. The number of unbranched alkanes of at least 4 members (excludes halogenated alkanes) is 1. The average molecular weight is 338 g/mol. The smallest absolute Gasteiger partial charge is 0.122 e. The second kappa shape index (κ2) is 8.37. The van der Waals surface area contributed by atoms with E-state index < -0.39 is 0 Å². The molecule has 1 aliphatic carbocycles. The van der Waals surface area contributed by atoms with Gasteiger partial charge in [-0.1, -0.05) is 31.1 Å². The SMILES string of the molecule is CCCCOc1ccc(/C=C(\C)Cn2ccnc2C)c2c1CCCC2. The summed E-state index contributed by atoms with van der Waals surface area (Å²) < 4.78 is 8.27. The summed E-state index contributed by atoms with van der Waals surface area (Å²) in [6.07, 6.45) is 13.4. The van der Waals surface area contributed by atoms with Crippen LogP contribution in [-0.2, 0) is 19.4 Å².